The Balaban J connectivity index is 0.00000182. The van der Waals surface area contributed by atoms with Crippen molar-refractivity contribution in [3.8, 4) is 0 Å². The van der Waals surface area contributed by atoms with E-state index >= 15 is 0 Å². The van der Waals surface area contributed by atoms with E-state index in [1.54, 1.807) is 0 Å². The number of allylic oxidation sites excluding steroid dienone is 3. The predicted octanol–water partition coefficient (Wildman–Crippen LogP) is 9.79. The van der Waals surface area contributed by atoms with Gasteiger partial charge in [0.1, 0.15) is 12.0 Å². The Hall–Kier alpha value is -4.73. The summed E-state index contributed by atoms with van der Waals surface area (Å²) in [6.45, 7) is 12.0. The molecule has 46 heavy (non-hydrogen) atoms. The van der Waals surface area contributed by atoms with Gasteiger partial charge >= 0.3 is 0 Å². The van der Waals surface area contributed by atoms with Gasteiger partial charge in [0.25, 0.3) is 5.91 Å². The van der Waals surface area contributed by atoms with Gasteiger partial charge in [-0.2, -0.15) is 0 Å². The molecule has 1 amide bonds. The second-order valence-corrected chi connectivity index (χ2v) is 12.2. The van der Waals surface area contributed by atoms with Crippen LogP contribution in [0.25, 0.3) is 28.8 Å². The number of halogens is 1. The monoisotopic (exact) mass is 611 g/mol. The lowest BCUT2D eigenvalue weighted by molar-refractivity contribution is 0.0710. The van der Waals surface area contributed by atoms with Crippen LogP contribution in [0, 0.1) is 0 Å². The largest absolute Gasteiger partial charge is 0.339 e. The van der Waals surface area contributed by atoms with Crippen molar-refractivity contribution < 1.29 is 9.18 Å². The minimum atomic E-state index is -0.948. The van der Waals surface area contributed by atoms with Crippen LogP contribution in [0.2, 0.25) is 0 Å². The molecule has 234 valence electrons. The van der Waals surface area contributed by atoms with Gasteiger partial charge < -0.3 is 9.47 Å². The minimum absolute atomic E-state index is 0.0736. The molecule has 1 saturated heterocycles. The second kappa shape index (κ2) is 13.7. The van der Waals surface area contributed by atoms with Crippen molar-refractivity contribution in [2.24, 2.45) is 0 Å². The molecule has 2 aliphatic carbocycles. The van der Waals surface area contributed by atoms with Crippen molar-refractivity contribution in [2.75, 3.05) is 13.1 Å². The molecule has 2 heterocycles. The number of rotatable bonds is 6. The number of likely N-dealkylation sites (tertiary alicyclic amines) is 1. The minimum Gasteiger partial charge on any atom is -0.339 e. The summed E-state index contributed by atoms with van der Waals surface area (Å²) in [5.74, 6) is 1.33. The highest BCUT2D eigenvalue weighted by atomic mass is 19.1. The molecular weight excluding hydrogens is 569 g/mol. The smallest absolute Gasteiger partial charge is 0.253 e. The molecule has 0 spiro atoms. The van der Waals surface area contributed by atoms with Crippen molar-refractivity contribution in [1.82, 2.24) is 14.5 Å². The Morgan fingerprint density at radius 2 is 1.87 bits per heavy atom. The number of alkyl halides is 1. The summed E-state index contributed by atoms with van der Waals surface area (Å²) in [6.07, 6.45) is 9.89. The third kappa shape index (κ3) is 6.34. The molecule has 0 N–H and O–H groups in total. The molecule has 0 bridgehead atoms. The third-order valence-corrected chi connectivity index (χ3v) is 9.14. The van der Waals surface area contributed by atoms with E-state index in [0.717, 1.165) is 69.5 Å². The number of piperidine rings is 1. The number of amides is 1. The molecule has 0 saturated carbocycles. The first-order chi connectivity index (χ1) is 22.5. The Morgan fingerprint density at radius 1 is 1.07 bits per heavy atom. The number of imidazole rings is 1. The summed E-state index contributed by atoms with van der Waals surface area (Å²) in [6, 6.07) is 22.7. The fraction of sp³-hybridized carbons (Fsp3) is 0.293. The van der Waals surface area contributed by atoms with Gasteiger partial charge in [-0.15, -0.1) is 5.73 Å². The van der Waals surface area contributed by atoms with Gasteiger partial charge in [0, 0.05) is 31.0 Å². The van der Waals surface area contributed by atoms with Crippen LogP contribution in [0.4, 0.5) is 4.39 Å². The van der Waals surface area contributed by atoms with Gasteiger partial charge in [-0.25, -0.2) is 9.37 Å². The van der Waals surface area contributed by atoms with Crippen LogP contribution in [-0.4, -0.2) is 39.6 Å². The summed E-state index contributed by atoms with van der Waals surface area (Å²) < 4.78 is 16.1. The molecule has 5 heteroatoms. The lowest BCUT2D eigenvalue weighted by Gasteiger charge is -2.32. The maximum Gasteiger partial charge on any atom is 0.253 e. The Morgan fingerprint density at radius 3 is 2.63 bits per heavy atom. The maximum atomic E-state index is 13.9. The topological polar surface area (TPSA) is 38.1 Å². The molecule has 1 aromatic heterocycles. The highest BCUT2D eigenvalue weighted by Crippen LogP contribution is 2.35. The fourth-order valence-electron chi connectivity index (χ4n) is 6.82. The quantitative estimate of drug-likeness (QED) is 0.204. The van der Waals surface area contributed by atoms with Crippen LogP contribution in [0.15, 0.2) is 102 Å². The van der Waals surface area contributed by atoms with Gasteiger partial charge in [-0.3, -0.25) is 4.79 Å². The van der Waals surface area contributed by atoms with E-state index < -0.39 is 6.17 Å². The molecule has 4 nitrogen and oxygen atoms in total. The van der Waals surface area contributed by atoms with Crippen LogP contribution in [-0.2, 0) is 6.54 Å². The van der Waals surface area contributed by atoms with Crippen molar-refractivity contribution in [2.45, 2.75) is 65.1 Å². The zero-order valence-corrected chi connectivity index (χ0v) is 27.1. The van der Waals surface area contributed by atoms with Crippen molar-refractivity contribution >= 4 is 34.7 Å². The predicted molar refractivity (Wildman–Crippen MR) is 188 cm³/mol. The number of hydrogen-bond donors (Lipinski definition) is 0. The summed E-state index contributed by atoms with van der Waals surface area (Å²) in [5, 5.41) is 0. The summed E-state index contributed by atoms with van der Waals surface area (Å²) in [5.41, 5.74) is 13.8. The lowest BCUT2D eigenvalue weighted by Crippen LogP contribution is -2.38. The molecule has 1 unspecified atom stereocenters. The van der Waals surface area contributed by atoms with E-state index in [1.807, 2.05) is 49.1 Å². The molecule has 7 rings (SSSR count). The molecule has 1 aliphatic heterocycles. The molecule has 1 fully saturated rings. The molecule has 1 atom stereocenters. The van der Waals surface area contributed by atoms with Gasteiger partial charge in [0.15, 0.2) is 0 Å². The van der Waals surface area contributed by atoms with E-state index in [9.17, 15) is 9.18 Å². The summed E-state index contributed by atoms with van der Waals surface area (Å²) in [7, 11) is 0. The second-order valence-electron chi connectivity index (χ2n) is 12.2. The van der Waals surface area contributed by atoms with Crippen LogP contribution < -0.4 is 0 Å². The molecule has 3 aliphatic rings. The average Bonchev–Trinajstić information content (AvgIpc) is 3.63. The maximum absolute atomic E-state index is 13.9. The zero-order valence-electron chi connectivity index (χ0n) is 27.1. The highest BCUT2D eigenvalue weighted by molar-refractivity contribution is 5.97. The summed E-state index contributed by atoms with van der Waals surface area (Å²) >= 11 is 0. The van der Waals surface area contributed by atoms with Gasteiger partial charge in [-0.1, -0.05) is 80.6 Å². The summed E-state index contributed by atoms with van der Waals surface area (Å²) in [4.78, 5) is 20.8. The fourth-order valence-corrected chi connectivity index (χ4v) is 6.82. The zero-order chi connectivity index (χ0) is 32.2. The lowest BCUT2D eigenvalue weighted by atomic mass is 9.91. The number of hydrogen-bond acceptors (Lipinski definition) is 2. The van der Waals surface area contributed by atoms with Crippen LogP contribution in [0.1, 0.15) is 90.8 Å². The van der Waals surface area contributed by atoms with Gasteiger partial charge in [-0.05, 0) is 96.0 Å². The van der Waals surface area contributed by atoms with E-state index in [2.05, 4.69) is 78.4 Å². The number of carbonyl (C=O) groups is 1. The Kier molecular flexibility index (Phi) is 9.33. The number of carbonyl (C=O) groups excluding carboxylic acids is 1. The Bertz CT molecular complexity index is 1910. The first-order valence-corrected chi connectivity index (χ1v) is 16.5. The normalized spacial score (nSPS) is 17.8. The first kappa shape index (κ1) is 31.3. The van der Waals surface area contributed by atoms with Crippen LogP contribution in [0.3, 0.4) is 0 Å². The number of nitrogens with zero attached hydrogens (tertiary/aromatic N) is 3. The Labute approximate surface area is 272 Å². The molecular formula is C41H42FN3O. The van der Waals surface area contributed by atoms with E-state index in [-0.39, 0.29) is 11.8 Å². The third-order valence-electron chi connectivity index (χ3n) is 9.14. The van der Waals surface area contributed by atoms with Crippen LogP contribution >= 0.6 is 0 Å². The standard InChI is InChI=1S/C39H36FN3O.C2H6/c1-3-27-7-6-8-30(22-27)34-15-11-26(2)21-32-24-31(13-16-35(32)34)39(44)42-19-17-29(18-20-42)38-41-36-9-4-5-10-37(36)43(38)25-28-12-14-33(40)23-28;1-2/h3-10,13-16,21-22,24,29,33H,1,11,17-20,23,25H2,2H3;1-2H3. The van der Waals surface area contributed by atoms with E-state index in [4.69, 9.17) is 4.98 Å². The molecule has 4 aromatic rings. The number of fused-ring (bicyclic) bond motifs is 2. The average molecular weight is 612 g/mol. The van der Waals surface area contributed by atoms with Crippen LogP contribution in [0.5, 0.6) is 0 Å². The number of aromatic nitrogens is 2. The van der Waals surface area contributed by atoms with E-state index in [1.165, 1.54) is 17.2 Å². The first-order valence-electron chi connectivity index (χ1n) is 16.5. The van der Waals surface area contributed by atoms with Crippen molar-refractivity contribution in [3.05, 3.63) is 136 Å². The molecule has 0 radical (unpaired) electrons. The van der Waals surface area contributed by atoms with Crippen molar-refractivity contribution in [1.29, 1.82) is 0 Å². The van der Waals surface area contributed by atoms with Gasteiger partial charge in [0.05, 0.1) is 17.6 Å². The number of para-hydroxylation sites is 2. The highest BCUT2D eigenvalue weighted by Gasteiger charge is 2.29. The van der Waals surface area contributed by atoms with E-state index in [0.29, 0.717) is 26.1 Å². The number of benzene rings is 3. The van der Waals surface area contributed by atoms with Crippen molar-refractivity contribution in [3.63, 3.8) is 0 Å². The SMILES string of the molecule is C=Cc1cccc(C2=CCC(C)=Cc3cc(C(=O)N4CCC(c5nc6ccccc6n5CC5=C=CC(F)C5)CC4)ccc32)c1.CC. The molecule has 3 aromatic carbocycles. The van der Waals surface area contributed by atoms with Gasteiger partial charge in [0.2, 0.25) is 0 Å².